The molecular formula is C13H25IN4S. The number of hydrogen-bond acceptors (Lipinski definition) is 3. The standard InChI is InChI=1S/C13H24N4S.HI/c1-4-5-6-7-8-15-13(14-3)16-9-12-11(2)17-10-18-12;/h10H,4-9H2,1-3H3,(H2,14,15,16);1H. The summed E-state index contributed by atoms with van der Waals surface area (Å²) in [4.78, 5) is 9.72. The number of guanidine groups is 1. The molecule has 0 aromatic carbocycles. The summed E-state index contributed by atoms with van der Waals surface area (Å²) in [6, 6.07) is 0. The average molecular weight is 396 g/mol. The molecule has 110 valence electrons. The molecule has 0 aliphatic heterocycles. The van der Waals surface area contributed by atoms with E-state index in [9.17, 15) is 0 Å². The van der Waals surface area contributed by atoms with Crippen LogP contribution in [0.1, 0.15) is 43.2 Å². The molecule has 0 atom stereocenters. The summed E-state index contributed by atoms with van der Waals surface area (Å²) in [7, 11) is 1.81. The van der Waals surface area contributed by atoms with Crippen molar-refractivity contribution in [2.24, 2.45) is 4.99 Å². The lowest BCUT2D eigenvalue weighted by Crippen LogP contribution is -2.37. The van der Waals surface area contributed by atoms with Gasteiger partial charge in [-0.15, -0.1) is 35.3 Å². The van der Waals surface area contributed by atoms with E-state index in [1.165, 1.54) is 30.6 Å². The third-order valence-electron chi connectivity index (χ3n) is 2.81. The van der Waals surface area contributed by atoms with Crippen molar-refractivity contribution >= 4 is 41.3 Å². The fourth-order valence-electron chi connectivity index (χ4n) is 1.64. The first kappa shape index (κ1) is 18.6. The largest absolute Gasteiger partial charge is 0.356 e. The Bertz CT molecular complexity index is 365. The molecule has 0 aliphatic carbocycles. The van der Waals surface area contributed by atoms with Crippen LogP contribution in [-0.4, -0.2) is 24.5 Å². The second-order valence-electron chi connectivity index (χ2n) is 4.27. The van der Waals surface area contributed by atoms with Gasteiger partial charge in [0.05, 0.1) is 17.7 Å². The van der Waals surface area contributed by atoms with Crippen molar-refractivity contribution in [2.75, 3.05) is 13.6 Å². The van der Waals surface area contributed by atoms with Crippen molar-refractivity contribution in [2.45, 2.75) is 46.1 Å². The Labute approximate surface area is 137 Å². The van der Waals surface area contributed by atoms with Crippen LogP contribution in [0.3, 0.4) is 0 Å². The van der Waals surface area contributed by atoms with Crippen molar-refractivity contribution in [3.05, 3.63) is 16.1 Å². The Kier molecular flexibility index (Phi) is 11.2. The van der Waals surface area contributed by atoms with Crippen LogP contribution in [0.25, 0.3) is 0 Å². The first-order valence-corrected chi connectivity index (χ1v) is 7.49. The lowest BCUT2D eigenvalue weighted by Gasteiger charge is -2.11. The lowest BCUT2D eigenvalue weighted by atomic mass is 10.2. The van der Waals surface area contributed by atoms with Crippen molar-refractivity contribution in [1.29, 1.82) is 0 Å². The van der Waals surface area contributed by atoms with Gasteiger partial charge in [0.15, 0.2) is 5.96 Å². The summed E-state index contributed by atoms with van der Waals surface area (Å²) in [5.74, 6) is 0.874. The number of nitrogens with zero attached hydrogens (tertiary/aromatic N) is 2. The first-order valence-electron chi connectivity index (χ1n) is 6.61. The van der Waals surface area contributed by atoms with Gasteiger partial charge in [0, 0.05) is 18.5 Å². The summed E-state index contributed by atoms with van der Waals surface area (Å²) in [5.41, 5.74) is 2.98. The Hall–Kier alpha value is -0.370. The predicted octanol–water partition coefficient (Wildman–Crippen LogP) is 3.31. The molecule has 6 heteroatoms. The minimum absolute atomic E-state index is 0. The van der Waals surface area contributed by atoms with E-state index in [0.29, 0.717) is 0 Å². The van der Waals surface area contributed by atoms with E-state index in [4.69, 9.17) is 0 Å². The van der Waals surface area contributed by atoms with Gasteiger partial charge >= 0.3 is 0 Å². The number of aliphatic imine (C=N–C) groups is 1. The molecule has 1 aromatic rings. The van der Waals surface area contributed by atoms with E-state index in [1.54, 1.807) is 18.4 Å². The molecule has 1 heterocycles. The molecule has 0 saturated carbocycles. The van der Waals surface area contributed by atoms with E-state index in [2.05, 4.69) is 27.5 Å². The minimum Gasteiger partial charge on any atom is -0.356 e. The molecule has 0 unspecified atom stereocenters. The topological polar surface area (TPSA) is 49.3 Å². The number of rotatable bonds is 7. The van der Waals surface area contributed by atoms with Crippen LogP contribution in [0.2, 0.25) is 0 Å². The van der Waals surface area contributed by atoms with E-state index in [0.717, 1.165) is 24.7 Å². The molecular weight excluding hydrogens is 371 g/mol. The normalized spacial score (nSPS) is 11.0. The van der Waals surface area contributed by atoms with Gasteiger partial charge in [-0.25, -0.2) is 4.98 Å². The Morgan fingerprint density at radius 3 is 2.68 bits per heavy atom. The maximum atomic E-state index is 4.23. The van der Waals surface area contributed by atoms with Crippen LogP contribution < -0.4 is 10.6 Å². The second-order valence-corrected chi connectivity index (χ2v) is 5.21. The van der Waals surface area contributed by atoms with E-state index in [1.807, 2.05) is 12.4 Å². The quantitative estimate of drug-likeness (QED) is 0.322. The van der Waals surface area contributed by atoms with Crippen molar-refractivity contribution in [3.63, 3.8) is 0 Å². The molecule has 0 fully saturated rings. The molecule has 0 spiro atoms. The van der Waals surface area contributed by atoms with Crippen LogP contribution in [0, 0.1) is 6.92 Å². The van der Waals surface area contributed by atoms with Gasteiger partial charge in [0.1, 0.15) is 0 Å². The Balaban J connectivity index is 0.00000324. The smallest absolute Gasteiger partial charge is 0.191 e. The summed E-state index contributed by atoms with van der Waals surface area (Å²) in [6.07, 6.45) is 5.08. The van der Waals surface area contributed by atoms with Crippen LogP contribution in [0.4, 0.5) is 0 Å². The van der Waals surface area contributed by atoms with E-state index < -0.39 is 0 Å². The lowest BCUT2D eigenvalue weighted by molar-refractivity contribution is 0.647. The van der Waals surface area contributed by atoms with E-state index in [-0.39, 0.29) is 24.0 Å². The summed E-state index contributed by atoms with van der Waals surface area (Å²) in [6.45, 7) is 6.05. The maximum absolute atomic E-state index is 4.23. The zero-order valence-corrected chi connectivity index (χ0v) is 15.2. The van der Waals surface area contributed by atoms with Crippen LogP contribution in [-0.2, 0) is 6.54 Å². The molecule has 2 N–H and O–H groups in total. The zero-order chi connectivity index (χ0) is 13.2. The van der Waals surface area contributed by atoms with Crippen molar-refractivity contribution in [1.82, 2.24) is 15.6 Å². The summed E-state index contributed by atoms with van der Waals surface area (Å²) in [5, 5.41) is 6.65. The Morgan fingerprint density at radius 2 is 2.11 bits per heavy atom. The highest BCUT2D eigenvalue weighted by atomic mass is 127. The number of aryl methyl sites for hydroxylation is 1. The third-order valence-corrected chi connectivity index (χ3v) is 3.74. The molecule has 0 saturated heterocycles. The fourth-order valence-corrected chi connectivity index (χ4v) is 2.36. The average Bonchev–Trinajstić information content (AvgIpc) is 2.78. The van der Waals surface area contributed by atoms with Gasteiger partial charge in [0.2, 0.25) is 0 Å². The molecule has 0 bridgehead atoms. The number of unbranched alkanes of at least 4 members (excludes halogenated alkanes) is 3. The predicted molar refractivity (Wildman–Crippen MR) is 94.6 cm³/mol. The van der Waals surface area contributed by atoms with Crippen molar-refractivity contribution < 1.29 is 0 Å². The number of aromatic nitrogens is 1. The SMILES string of the molecule is CCCCCCNC(=NC)NCc1scnc1C.I. The van der Waals surface area contributed by atoms with Gasteiger partial charge in [-0.05, 0) is 13.3 Å². The molecule has 19 heavy (non-hydrogen) atoms. The van der Waals surface area contributed by atoms with Gasteiger partial charge in [-0.3, -0.25) is 4.99 Å². The van der Waals surface area contributed by atoms with E-state index >= 15 is 0 Å². The number of nitrogens with one attached hydrogen (secondary N) is 2. The molecule has 0 aliphatic rings. The highest BCUT2D eigenvalue weighted by Crippen LogP contribution is 2.10. The van der Waals surface area contributed by atoms with Crippen molar-refractivity contribution in [3.8, 4) is 0 Å². The van der Waals surface area contributed by atoms with Crippen LogP contribution in [0.5, 0.6) is 0 Å². The zero-order valence-electron chi connectivity index (χ0n) is 12.0. The third kappa shape index (κ3) is 7.71. The fraction of sp³-hybridized carbons (Fsp3) is 0.692. The van der Waals surface area contributed by atoms with Gasteiger partial charge in [-0.1, -0.05) is 26.2 Å². The molecule has 4 nitrogen and oxygen atoms in total. The molecule has 1 aromatic heterocycles. The second kappa shape index (κ2) is 11.5. The summed E-state index contributed by atoms with van der Waals surface area (Å²) < 4.78 is 0. The molecule has 0 radical (unpaired) electrons. The highest BCUT2D eigenvalue weighted by Gasteiger charge is 2.02. The minimum atomic E-state index is 0. The Morgan fingerprint density at radius 1 is 1.32 bits per heavy atom. The highest BCUT2D eigenvalue weighted by molar-refractivity contribution is 14.0. The van der Waals surface area contributed by atoms with Crippen LogP contribution in [0.15, 0.2) is 10.5 Å². The van der Waals surface area contributed by atoms with Crippen LogP contribution >= 0.6 is 35.3 Å². The number of thiazole rings is 1. The monoisotopic (exact) mass is 396 g/mol. The molecule has 0 amide bonds. The van der Waals surface area contributed by atoms with Gasteiger partial charge in [-0.2, -0.15) is 0 Å². The number of halogens is 1. The van der Waals surface area contributed by atoms with Gasteiger partial charge < -0.3 is 10.6 Å². The van der Waals surface area contributed by atoms with Gasteiger partial charge in [0.25, 0.3) is 0 Å². The maximum Gasteiger partial charge on any atom is 0.191 e. The molecule has 1 rings (SSSR count). The first-order chi connectivity index (χ1) is 8.77. The number of hydrogen-bond donors (Lipinski definition) is 2. The summed E-state index contributed by atoms with van der Waals surface area (Å²) >= 11 is 1.68.